The van der Waals surface area contributed by atoms with Crippen molar-refractivity contribution in [3.63, 3.8) is 0 Å². The van der Waals surface area contributed by atoms with E-state index in [-0.39, 0.29) is 11.9 Å². The number of rotatable bonds is 3. The molecule has 1 saturated heterocycles. The van der Waals surface area contributed by atoms with Crippen LogP contribution < -0.4 is 15.0 Å². The average molecular weight is 248 g/mol. The lowest BCUT2D eigenvalue weighted by molar-refractivity contribution is -0.120. The topological polar surface area (TPSA) is 41.6 Å². The molecule has 1 amide bonds. The first-order valence-corrected chi connectivity index (χ1v) is 6.29. The molecule has 0 saturated carbocycles. The summed E-state index contributed by atoms with van der Waals surface area (Å²) in [6, 6.07) is 7.49. The maximum atomic E-state index is 12.4. The fourth-order valence-electron chi connectivity index (χ4n) is 2.40. The minimum absolute atomic E-state index is 0.0834. The Morgan fingerprint density at radius 3 is 2.78 bits per heavy atom. The van der Waals surface area contributed by atoms with Gasteiger partial charge in [-0.05, 0) is 31.0 Å². The van der Waals surface area contributed by atoms with Gasteiger partial charge in [-0.3, -0.25) is 4.79 Å². The molecule has 1 heterocycles. The number of amides is 1. The minimum atomic E-state index is -0.0834. The Hall–Kier alpha value is -1.55. The fourth-order valence-corrected chi connectivity index (χ4v) is 2.40. The smallest absolute Gasteiger partial charge is 0.244 e. The molecular weight excluding hydrogens is 228 g/mol. The van der Waals surface area contributed by atoms with Crippen molar-refractivity contribution in [1.82, 2.24) is 5.32 Å². The van der Waals surface area contributed by atoms with E-state index in [1.807, 2.05) is 24.3 Å². The molecule has 2 rings (SSSR count). The molecule has 2 atom stereocenters. The lowest BCUT2D eigenvalue weighted by atomic mass is 10.0. The van der Waals surface area contributed by atoms with Crippen LogP contribution in [0.3, 0.4) is 0 Å². The minimum Gasteiger partial charge on any atom is -0.495 e. The summed E-state index contributed by atoms with van der Waals surface area (Å²) in [5, 5.41) is 3.26. The van der Waals surface area contributed by atoms with Crippen LogP contribution >= 0.6 is 0 Å². The van der Waals surface area contributed by atoms with Gasteiger partial charge < -0.3 is 15.0 Å². The van der Waals surface area contributed by atoms with Crippen LogP contribution in [0, 0.1) is 5.92 Å². The summed E-state index contributed by atoms with van der Waals surface area (Å²) in [5.41, 5.74) is 0.811. The second-order valence-corrected chi connectivity index (χ2v) is 4.77. The van der Waals surface area contributed by atoms with E-state index in [0.717, 1.165) is 24.4 Å². The van der Waals surface area contributed by atoms with E-state index >= 15 is 0 Å². The molecule has 1 aliphatic heterocycles. The Morgan fingerprint density at radius 1 is 1.44 bits per heavy atom. The number of para-hydroxylation sites is 2. The van der Waals surface area contributed by atoms with Crippen molar-refractivity contribution < 1.29 is 9.53 Å². The molecule has 4 nitrogen and oxygen atoms in total. The Bertz CT molecular complexity index is 434. The van der Waals surface area contributed by atoms with Gasteiger partial charge in [-0.25, -0.2) is 0 Å². The van der Waals surface area contributed by atoms with Gasteiger partial charge in [0.15, 0.2) is 0 Å². The Kier molecular flexibility index (Phi) is 3.87. The van der Waals surface area contributed by atoms with Crippen LogP contribution in [0.4, 0.5) is 5.69 Å². The summed E-state index contributed by atoms with van der Waals surface area (Å²) in [4.78, 5) is 14.1. The predicted molar refractivity (Wildman–Crippen MR) is 72.0 cm³/mol. The third-order valence-electron chi connectivity index (χ3n) is 3.58. The van der Waals surface area contributed by atoms with Gasteiger partial charge in [-0.15, -0.1) is 0 Å². The molecule has 1 N–H and O–H groups in total. The number of methoxy groups -OCH3 is 1. The summed E-state index contributed by atoms with van der Waals surface area (Å²) in [6.45, 7) is 3.02. The van der Waals surface area contributed by atoms with Crippen LogP contribution in [0.15, 0.2) is 24.3 Å². The first kappa shape index (κ1) is 12.9. The molecule has 1 aromatic carbocycles. The monoisotopic (exact) mass is 248 g/mol. The van der Waals surface area contributed by atoms with Crippen molar-refractivity contribution in [3.8, 4) is 5.75 Å². The summed E-state index contributed by atoms with van der Waals surface area (Å²) in [6.07, 6.45) is 1.05. The predicted octanol–water partition coefficient (Wildman–Crippen LogP) is 1.66. The van der Waals surface area contributed by atoms with E-state index in [0.29, 0.717) is 5.92 Å². The van der Waals surface area contributed by atoms with Gasteiger partial charge in [-0.2, -0.15) is 0 Å². The van der Waals surface area contributed by atoms with Gasteiger partial charge in [-0.1, -0.05) is 19.1 Å². The first-order chi connectivity index (χ1) is 8.65. The van der Waals surface area contributed by atoms with Gasteiger partial charge >= 0.3 is 0 Å². The average Bonchev–Trinajstić information content (AvgIpc) is 2.83. The second-order valence-electron chi connectivity index (χ2n) is 4.77. The number of ether oxygens (including phenoxy) is 1. The maximum absolute atomic E-state index is 12.4. The zero-order chi connectivity index (χ0) is 13.1. The number of hydrogen-bond acceptors (Lipinski definition) is 3. The second kappa shape index (κ2) is 5.40. The zero-order valence-corrected chi connectivity index (χ0v) is 11.1. The van der Waals surface area contributed by atoms with E-state index in [9.17, 15) is 4.79 Å². The molecule has 98 valence electrons. The largest absolute Gasteiger partial charge is 0.495 e. The molecule has 0 spiro atoms. The lowest BCUT2D eigenvalue weighted by Gasteiger charge is -2.25. The van der Waals surface area contributed by atoms with Crippen LogP contribution in [-0.2, 0) is 4.79 Å². The standard InChI is InChI=1S/C14H20N2O2/c1-10-8-9-15-13(10)14(17)16(2)11-6-4-5-7-12(11)18-3/h4-7,10,13,15H,8-9H2,1-3H3. The van der Waals surface area contributed by atoms with Crippen LogP contribution in [0.2, 0.25) is 0 Å². The number of nitrogens with one attached hydrogen (secondary N) is 1. The molecule has 0 bridgehead atoms. The first-order valence-electron chi connectivity index (χ1n) is 6.29. The highest BCUT2D eigenvalue weighted by atomic mass is 16.5. The highest BCUT2D eigenvalue weighted by molar-refractivity contribution is 5.98. The van der Waals surface area contributed by atoms with Gasteiger partial charge in [0.1, 0.15) is 5.75 Å². The number of likely N-dealkylation sites (N-methyl/N-ethyl adjacent to an activating group) is 1. The molecule has 18 heavy (non-hydrogen) atoms. The van der Waals surface area contributed by atoms with Gasteiger partial charge in [0, 0.05) is 7.05 Å². The highest BCUT2D eigenvalue weighted by Crippen LogP contribution is 2.28. The van der Waals surface area contributed by atoms with Crippen LogP contribution in [0.5, 0.6) is 5.75 Å². The molecule has 1 fully saturated rings. The maximum Gasteiger partial charge on any atom is 0.244 e. The van der Waals surface area contributed by atoms with Gasteiger partial charge in [0.25, 0.3) is 0 Å². The number of carbonyl (C=O) groups excluding carboxylic acids is 1. The molecule has 1 aromatic rings. The van der Waals surface area contributed by atoms with E-state index in [2.05, 4.69) is 12.2 Å². The van der Waals surface area contributed by atoms with Crippen molar-refractivity contribution in [3.05, 3.63) is 24.3 Å². The van der Waals surface area contributed by atoms with E-state index < -0.39 is 0 Å². The molecule has 2 unspecified atom stereocenters. The van der Waals surface area contributed by atoms with Gasteiger partial charge in [0.2, 0.25) is 5.91 Å². The number of benzene rings is 1. The lowest BCUT2D eigenvalue weighted by Crippen LogP contribution is -2.44. The molecule has 0 aromatic heterocycles. The number of carbonyl (C=O) groups is 1. The SMILES string of the molecule is COc1ccccc1N(C)C(=O)C1NCCC1C. The molecule has 4 heteroatoms. The van der Waals surface area contributed by atoms with Crippen molar-refractivity contribution in [2.75, 3.05) is 25.6 Å². The van der Waals surface area contributed by atoms with E-state index in [1.165, 1.54) is 0 Å². The zero-order valence-electron chi connectivity index (χ0n) is 11.1. The molecular formula is C14H20N2O2. The Morgan fingerprint density at radius 2 is 2.17 bits per heavy atom. The quantitative estimate of drug-likeness (QED) is 0.884. The van der Waals surface area contributed by atoms with Crippen LogP contribution in [-0.4, -0.2) is 32.7 Å². The summed E-state index contributed by atoms with van der Waals surface area (Å²) < 4.78 is 5.29. The normalized spacial score (nSPS) is 22.8. The van der Waals surface area contributed by atoms with Crippen LogP contribution in [0.1, 0.15) is 13.3 Å². The van der Waals surface area contributed by atoms with Gasteiger partial charge in [0.05, 0.1) is 18.8 Å². The van der Waals surface area contributed by atoms with E-state index in [4.69, 9.17) is 4.74 Å². The van der Waals surface area contributed by atoms with Crippen molar-refractivity contribution in [2.45, 2.75) is 19.4 Å². The Balaban J connectivity index is 2.20. The summed E-state index contributed by atoms with van der Waals surface area (Å²) in [5.74, 6) is 1.21. The van der Waals surface area contributed by atoms with Crippen LogP contribution in [0.25, 0.3) is 0 Å². The summed E-state index contributed by atoms with van der Waals surface area (Å²) in [7, 11) is 3.42. The van der Waals surface area contributed by atoms with E-state index in [1.54, 1.807) is 19.1 Å². The number of nitrogens with zero attached hydrogens (tertiary/aromatic N) is 1. The summed E-state index contributed by atoms with van der Waals surface area (Å²) >= 11 is 0. The number of hydrogen-bond donors (Lipinski definition) is 1. The highest BCUT2D eigenvalue weighted by Gasteiger charge is 2.32. The van der Waals surface area contributed by atoms with Crippen molar-refractivity contribution >= 4 is 11.6 Å². The third kappa shape index (κ3) is 2.34. The van der Waals surface area contributed by atoms with Crippen molar-refractivity contribution in [1.29, 1.82) is 0 Å². The number of anilines is 1. The molecule has 0 aliphatic carbocycles. The molecule has 0 radical (unpaired) electrons. The third-order valence-corrected chi connectivity index (χ3v) is 3.58. The van der Waals surface area contributed by atoms with Crippen molar-refractivity contribution in [2.24, 2.45) is 5.92 Å². The Labute approximate surface area is 108 Å². The fraction of sp³-hybridized carbons (Fsp3) is 0.500. The molecule has 1 aliphatic rings.